The Morgan fingerprint density at radius 1 is 1.05 bits per heavy atom. The minimum atomic E-state index is 0.780. The highest BCUT2D eigenvalue weighted by Crippen LogP contribution is 2.44. The van der Waals surface area contributed by atoms with Gasteiger partial charge in [-0.25, -0.2) is 0 Å². The quantitative estimate of drug-likeness (QED) is 0.842. The summed E-state index contributed by atoms with van der Waals surface area (Å²) >= 11 is 0. The summed E-state index contributed by atoms with van der Waals surface area (Å²) in [6, 6.07) is 11.6. The van der Waals surface area contributed by atoms with Crippen LogP contribution in [0.2, 0.25) is 0 Å². The van der Waals surface area contributed by atoms with Crippen molar-refractivity contribution < 1.29 is 0 Å². The molecule has 20 heavy (non-hydrogen) atoms. The van der Waals surface area contributed by atoms with Gasteiger partial charge in [0, 0.05) is 18.8 Å². The Morgan fingerprint density at radius 2 is 1.75 bits per heavy atom. The molecule has 2 N–H and O–H groups in total. The topological polar surface area (TPSA) is 40.7 Å². The van der Waals surface area contributed by atoms with Crippen LogP contribution in [0.3, 0.4) is 0 Å². The molecule has 0 aliphatic heterocycles. The van der Waals surface area contributed by atoms with Gasteiger partial charge >= 0.3 is 0 Å². The Balaban J connectivity index is 1.39. The monoisotopic (exact) mass is 267 g/mol. The molecule has 0 bridgehead atoms. The van der Waals surface area contributed by atoms with Gasteiger partial charge in [-0.3, -0.25) is 5.10 Å². The number of benzene rings is 1. The summed E-state index contributed by atoms with van der Waals surface area (Å²) in [6.45, 7) is 1.00. The summed E-state index contributed by atoms with van der Waals surface area (Å²) in [5, 5.41) is 10.8. The molecule has 1 heterocycles. The molecule has 2 saturated carbocycles. The molecule has 1 aromatic carbocycles. The average molecular weight is 267 g/mol. The van der Waals surface area contributed by atoms with Crippen LogP contribution in [0.25, 0.3) is 11.3 Å². The predicted octanol–water partition coefficient (Wildman–Crippen LogP) is 3.35. The molecule has 2 aliphatic rings. The third kappa shape index (κ3) is 2.63. The van der Waals surface area contributed by atoms with Crippen molar-refractivity contribution in [3.8, 4) is 11.3 Å². The van der Waals surface area contributed by atoms with E-state index in [0.29, 0.717) is 0 Å². The SMILES string of the molecule is c1cc(-c2ccc(CNC(C3CC3)C3CC3)cc2)[nH]n1. The molecule has 3 heteroatoms. The van der Waals surface area contributed by atoms with Crippen LogP contribution in [0, 0.1) is 11.8 Å². The van der Waals surface area contributed by atoms with Gasteiger partial charge in [-0.15, -0.1) is 0 Å². The van der Waals surface area contributed by atoms with Crippen molar-refractivity contribution in [1.29, 1.82) is 0 Å². The molecule has 104 valence electrons. The molecular formula is C17H21N3. The fourth-order valence-corrected chi connectivity index (χ4v) is 3.08. The first-order chi connectivity index (χ1) is 9.90. The third-order valence-electron chi connectivity index (χ3n) is 4.57. The molecule has 0 saturated heterocycles. The molecular weight excluding hydrogens is 246 g/mol. The van der Waals surface area contributed by atoms with Crippen LogP contribution in [0.15, 0.2) is 36.5 Å². The van der Waals surface area contributed by atoms with E-state index in [0.717, 1.165) is 30.1 Å². The summed E-state index contributed by atoms with van der Waals surface area (Å²) in [7, 11) is 0. The van der Waals surface area contributed by atoms with Crippen LogP contribution in [0.4, 0.5) is 0 Å². The Hall–Kier alpha value is -1.61. The van der Waals surface area contributed by atoms with Crippen molar-refractivity contribution in [2.24, 2.45) is 11.8 Å². The number of nitrogens with zero attached hydrogens (tertiary/aromatic N) is 1. The summed E-state index contributed by atoms with van der Waals surface area (Å²) in [5.74, 6) is 1.93. The van der Waals surface area contributed by atoms with Gasteiger partial charge in [0.25, 0.3) is 0 Å². The average Bonchev–Trinajstić information content (AvgIpc) is 3.41. The highest BCUT2D eigenvalue weighted by atomic mass is 15.1. The second kappa shape index (κ2) is 5.06. The van der Waals surface area contributed by atoms with E-state index in [2.05, 4.69) is 39.8 Å². The smallest absolute Gasteiger partial charge is 0.0650 e. The second-order valence-electron chi connectivity index (χ2n) is 6.25. The molecule has 4 rings (SSSR count). The van der Waals surface area contributed by atoms with E-state index < -0.39 is 0 Å². The van der Waals surface area contributed by atoms with Gasteiger partial charge in [-0.2, -0.15) is 5.10 Å². The Morgan fingerprint density at radius 3 is 2.30 bits per heavy atom. The predicted molar refractivity (Wildman–Crippen MR) is 80.1 cm³/mol. The third-order valence-corrected chi connectivity index (χ3v) is 4.57. The van der Waals surface area contributed by atoms with Crippen LogP contribution in [0.5, 0.6) is 0 Å². The number of H-pyrrole nitrogens is 1. The van der Waals surface area contributed by atoms with Crippen LogP contribution in [-0.2, 0) is 6.54 Å². The number of nitrogens with one attached hydrogen (secondary N) is 2. The zero-order valence-corrected chi connectivity index (χ0v) is 11.7. The maximum absolute atomic E-state index is 4.00. The van der Waals surface area contributed by atoms with Crippen molar-refractivity contribution in [2.45, 2.75) is 38.3 Å². The standard InChI is InChI=1S/C17H21N3/c1-3-13(16-9-10-19-20-16)4-2-12(1)11-18-17(14-5-6-14)15-7-8-15/h1-4,9-10,14-15,17-18H,5-8,11H2,(H,19,20). The highest BCUT2D eigenvalue weighted by molar-refractivity contribution is 5.58. The lowest BCUT2D eigenvalue weighted by Gasteiger charge is -2.17. The summed E-state index contributed by atoms with van der Waals surface area (Å²) < 4.78 is 0. The Kier molecular flexibility index (Phi) is 3.07. The number of aromatic amines is 1. The van der Waals surface area contributed by atoms with Crippen LogP contribution in [0.1, 0.15) is 31.2 Å². The van der Waals surface area contributed by atoms with Gasteiger partial charge in [-0.1, -0.05) is 24.3 Å². The molecule has 3 nitrogen and oxygen atoms in total. The highest BCUT2D eigenvalue weighted by Gasteiger charge is 2.40. The zero-order chi connectivity index (χ0) is 13.4. The number of aromatic nitrogens is 2. The van der Waals surface area contributed by atoms with Crippen LogP contribution >= 0.6 is 0 Å². The van der Waals surface area contributed by atoms with Gasteiger partial charge < -0.3 is 5.32 Å². The minimum Gasteiger partial charge on any atom is -0.309 e. The molecule has 0 spiro atoms. The maximum Gasteiger partial charge on any atom is 0.0650 e. The lowest BCUT2D eigenvalue weighted by atomic mass is 10.1. The van der Waals surface area contributed by atoms with Gasteiger partial charge in [-0.05, 0) is 54.7 Å². The van der Waals surface area contributed by atoms with Gasteiger partial charge in [0.1, 0.15) is 0 Å². The number of rotatable bonds is 6. The van der Waals surface area contributed by atoms with E-state index >= 15 is 0 Å². The lowest BCUT2D eigenvalue weighted by molar-refractivity contribution is 0.416. The molecule has 0 radical (unpaired) electrons. The number of hydrogen-bond donors (Lipinski definition) is 2. The second-order valence-corrected chi connectivity index (χ2v) is 6.25. The minimum absolute atomic E-state index is 0.780. The molecule has 1 aromatic heterocycles. The van der Waals surface area contributed by atoms with Gasteiger partial charge in [0.2, 0.25) is 0 Å². The molecule has 0 amide bonds. The van der Waals surface area contributed by atoms with E-state index in [4.69, 9.17) is 0 Å². The lowest BCUT2D eigenvalue weighted by Crippen LogP contribution is -2.32. The van der Waals surface area contributed by atoms with Crippen molar-refractivity contribution in [2.75, 3.05) is 0 Å². The van der Waals surface area contributed by atoms with Crippen molar-refractivity contribution in [1.82, 2.24) is 15.5 Å². The normalized spacial score (nSPS) is 18.6. The molecule has 0 unspecified atom stereocenters. The van der Waals surface area contributed by atoms with E-state index in [-0.39, 0.29) is 0 Å². The fraction of sp³-hybridized carbons (Fsp3) is 0.471. The van der Waals surface area contributed by atoms with Crippen molar-refractivity contribution >= 4 is 0 Å². The fourth-order valence-electron chi connectivity index (χ4n) is 3.08. The first-order valence-corrected chi connectivity index (χ1v) is 7.72. The Labute approximate surface area is 119 Å². The Bertz CT molecular complexity index is 538. The van der Waals surface area contributed by atoms with E-state index in [1.807, 2.05) is 6.07 Å². The van der Waals surface area contributed by atoms with E-state index in [1.54, 1.807) is 6.20 Å². The van der Waals surface area contributed by atoms with Crippen molar-refractivity contribution in [3.63, 3.8) is 0 Å². The largest absolute Gasteiger partial charge is 0.309 e. The maximum atomic E-state index is 4.00. The summed E-state index contributed by atoms with van der Waals surface area (Å²) in [5.41, 5.74) is 3.66. The van der Waals surface area contributed by atoms with E-state index in [1.165, 1.54) is 36.8 Å². The first-order valence-electron chi connectivity index (χ1n) is 7.72. The molecule has 2 fully saturated rings. The van der Waals surface area contributed by atoms with E-state index in [9.17, 15) is 0 Å². The van der Waals surface area contributed by atoms with Crippen molar-refractivity contribution in [3.05, 3.63) is 42.1 Å². The van der Waals surface area contributed by atoms with Crippen LogP contribution in [-0.4, -0.2) is 16.2 Å². The van der Waals surface area contributed by atoms with Crippen LogP contribution < -0.4 is 5.32 Å². The molecule has 2 aromatic rings. The zero-order valence-electron chi connectivity index (χ0n) is 11.7. The van der Waals surface area contributed by atoms with Gasteiger partial charge in [0.15, 0.2) is 0 Å². The first kappa shape index (κ1) is 12.2. The molecule has 0 atom stereocenters. The molecule has 2 aliphatic carbocycles. The summed E-state index contributed by atoms with van der Waals surface area (Å²) in [6.07, 6.45) is 7.54. The summed E-state index contributed by atoms with van der Waals surface area (Å²) in [4.78, 5) is 0. The van der Waals surface area contributed by atoms with Gasteiger partial charge in [0.05, 0.1) is 5.69 Å². The number of hydrogen-bond acceptors (Lipinski definition) is 2.